The molecule has 0 bridgehead atoms. The molecule has 3 rings (SSSR count). The van der Waals surface area contributed by atoms with Gasteiger partial charge in [0.1, 0.15) is 12.2 Å². The lowest BCUT2D eigenvalue weighted by Gasteiger charge is -2.37. The summed E-state index contributed by atoms with van der Waals surface area (Å²) < 4.78 is 10.9. The lowest BCUT2D eigenvalue weighted by atomic mass is 9.70. The predicted molar refractivity (Wildman–Crippen MR) is 80.2 cm³/mol. The number of ether oxygens (including phenoxy) is 2. The highest BCUT2D eigenvalue weighted by Gasteiger charge is 2.58. The summed E-state index contributed by atoms with van der Waals surface area (Å²) in [5, 5.41) is 20.2. The Balaban J connectivity index is 2.00. The van der Waals surface area contributed by atoms with E-state index >= 15 is 0 Å². The van der Waals surface area contributed by atoms with E-state index in [1.165, 1.54) is 6.92 Å². The van der Waals surface area contributed by atoms with Crippen LogP contribution >= 0.6 is 0 Å². The van der Waals surface area contributed by atoms with Crippen LogP contribution in [0.25, 0.3) is 0 Å². The topological polar surface area (TPSA) is 93.1 Å². The van der Waals surface area contributed by atoms with E-state index in [1.807, 2.05) is 13.8 Å². The molecule has 6 heteroatoms. The number of carbonyl (C=O) groups is 2. The van der Waals surface area contributed by atoms with Crippen molar-refractivity contribution in [3.05, 3.63) is 11.1 Å². The third kappa shape index (κ3) is 2.48. The van der Waals surface area contributed by atoms with Crippen LogP contribution in [0.15, 0.2) is 11.1 Å². The van der Waals surface area contributed by atoms with Crippen LogP contribution in [0.3, 0.4) is 0 Å². The molecular formula is C17H24O6. The molecule has 0 aromatic heterocycles. The van der Waals surface area contributed by atoms with Crippen LogP contribution in [0.2, 0.25) is 0 Å². The van der Waals surface area contributed by atoms with E-state index in [0.29, 0.717) is 24.8 Å². The number of hydrogen-bond acceptors (Lipinski definition) is 6. The Morgan fingerprint density at radius 3 is 2.74 bits per heavy atom. The Kier molecular flexibility index (Phi) is 4.01. The van der Waals surface area contributed by atoms with Crippen molar-refractivity contribution in [3.63, 3.8) is 0 Å². The first kappa shape index (κ1) is 16.5. The first-order valence-corrected chi connectivity index (χ1v) is 8.17. The quantitative estimate of drug-likeness (QED) is 0.735. The molecule has 128 valence electrons. The maximum atomic E-state index is 11.9. The van der Waals surface area contributed by atoms with Crippen molar-refractivity contribution >= 4 is 11.9 Å². The maximum absolute atomic E-state index is 11.9. The molecule has 23 heavy (non-hydrogen) atoms. The maximum Gasteiger partial charge on any atom is 0.337 e. The molecule has 2 fully saturated rings. The van der Waals surface area contributed by atoms with Crippen molar-refractivity contribution < 1.29 is 29.3 Å². The van der Waals surface area contributed by atoms with E-state index in [0.717, 1.165) is 5.57 Å². The normalized spacial score (nSPS) is 42.8. The van der Waals surface area contributed by atoms with Crippen molar-refractivity contribution in [3.8, 4) is 0 Å². The summed E-state index contributed by atoms with van der Waals surface area (Å²) in [5.41, 5.74) is 0.627. The summed E-state index contributed by atoms with van der Waals surface area (Å²) >= 11 is 0. The summed E-state index contributed by atoms with van der Waals surface area (Å²) in [4.78, 5) is 23.3. The van der Waals surface area contributed by atoms with Gasteiger partial charge in [-0.05, 0) is 24.3 Å². The molecule has 3 aliphatic rings. The molecule has 1 aliphatic heterocycles. The summed E-state index contributed by atoms with van der Waals surface area (Å²) in [6.45, 7) is 5.07. The van der Waals surface area contributed by atoms with Gasteiger partial charge in [0, 0.05) is 24.7 Å². The molecule has 2 N–H and O–H groups in total. The van der Waals surface area contributed by atoms with Crippen LogP contribution in [0.5, 0.6) is 0 Å². The molecule has 6 nitrogen and oxygen atoms in total. The van der Waals surface area contributed by atoms with Crippen LogP contribution < -0.4 is 0 Å². The Labute approximate surface area is 135 Å². The lowest BCUT2D eigenvalue weighted by Crippen LogP contribution is -2.38. The predicted octanol–water partition coefficient (Wildman–Crippen LogP) is 0.949. The Morgan fingerprint density at radius 1 is 1.43 bits per heavy atom. The van der Waals surface area contributed by atoms with Gasteiger partial charge in [0.15, 0.2) is 0 Å². The number of fused-ring (bicyclic) bond motifs is 2. The van der Waals surface area contributed by atoms with Gasteiger partial charge in [0.2, 0.25) is 0 Å². The number of carbonyl (C=O) groups excluding carboxylic acids is 2. The van der Waals surface area contributed by atoms with Gasteiger partial charge in [0.05, 0.1) is 18.3 Å². The van der Waals surface area contributed by atoms with Gasteiger partial charge in [-0.1, -0.05) is 13.8 Å². The van der Waals surface area contributed by atoms with Gasteiger partial charge >= 0.3 is 11.9 Å². The third-order valence-corrected chi connectivity index (χ3v) is 5.90. The van der Waals surface area contributed by atoms with E-state index in [1.54, 1.807) is 0 Å². The highest BCUT2D eigenvalue weighted by atomic mass is 16.6. The van der Waals surface area contributed by atoms with Crippen LogP contribution in [0, 0.1) is 17.3 Å². The van der Waals surface area contributed by atoms with Crippen LogP contribution in [-0.2, 0) is 19.1 Å². The van der Waals surface area contributed by atoms with E-state index in [4.69, 9.17) is 9.47 Å². The van der Waals surface area contributed by atoms with Crippen molar-refractivity contribution in [2.75, 3.05) is 6.61 Å². The molecule has 2 saturated carbocycles. The van der Waals surface area contributed by atoms with Gasteiger partial charge < -0.3 is 19.7 Å². The standard InChI is InChI=1S/C17H24O6/c1-8-4-12-10(11(7-18)16(21)23-12)6-17(3)14(20)5-13(15(8)17)22-9(2)19/h8,12-15,18,20H,4-7H2,1-3H3/t8-,12-,13-,14+,15+,17+/m0/s1. The Morgan fingerprint density at radius 2 is 2.13 bits per heavy atom. The van der Waals surface area contributed by atoms with E-state index in [-0.39, 0.29) is 36.6 Å². The van der Waals surface area contributed by atoms with Crippen LogP contribution in [0.4, 0.5) is 0 Å². The Hall–Kier alpha value is -1.40. The molecule has 0 aromatic carbocycles. The van der Waals surface area contributed by atoms with Gasteiger partial charge in [-0.15, -0.1) is 0 Å². The summed E-state index contributed by atoms with van der Waals surface area (Å²) in [6.07, 6.45) is 0.220. The second-order valence-corrected chi connectivity index (χ2v) is 7.38. The van der Waals surface area contributed by atoms with Gasteiger partial charge in [-0.3, -0.25) is 4.79 Å². The number of esters is 2. The van der Waals surface area contributed by atoms with E-state index < -0.39 is 17.5 Å². The zero-order valence-electron chi connectivity index (χ0n) is 13.7. The van der Waals surface area contributed by atoms with Crippen molar-refractivity contribution in [1.29, 1.82) is 0 Å². The van der Waals surface area contributed by atoms with E-state index in [2.05, 4.69) is 0 Å². The fourth-order valence-corrected chi connectivity index (χ4v) is 4.94. The lowest BCUT2D eigenvalue weighted by molar-refractivity contribution is -0.150. The second-order valence-electron chi connectivity index (χ2n) is 7.38. The molecular weight excluding hydrogens is 300 g/mol. The average Bonchev–Trinajstić information content (AvgIpc) is 2.80. The monoisotopic (exact) mass is 324 g/mol. The summed E-state index contributed by atoms with van der Waals surface area (Å²) in [7, 11) is 0. The first-order chi connectivity index (χ1) is 10.8. The molecule has 6 atom stereocenters. The molecule has 0 aromatic rings. The minimum Gasteiger partial charge on any atom is -0.462 e. The van der Waals surface area contributed by atoms with Crippen molar-refractivity contribution in [2.45, 2.75) is 58.3 Å². The van der Waals surface area contributed by atoms with Gasteiger partial charge in [-0.2, -0.15) is 0 Å². The van der Waals surface area contributed by atoms with Crippen molar-refractivity contribution in [1.82, 2.24) is 0 Å². The zero-order valence-corrected chi connectivity index (χ0v) is 13.7. The van der Waals surface area contributed by atoms with Gasteiger partial charge in [-0.25, -0.2) is 4.79 Å². The number of hydrogen-bond donors (Lipinski definition) is 2. The SMILES string of the molecule is CC(=O)O[C@H]1C[C@@H](O)[C@@]2(C)CC3=C(CO)C(=O)O[C@H]3C[C@H](C)[C@H]12. The fourth-order valence-electron chi connectivity index (χ4n) is 4.94. The average molecular weight is 324 g/mol. The highest BCUT2D eigenvalue weighted by Crippen LogP contribution is 2.56. The van der Waals surface area contributed by atoms with E-state index in [9.17, 15) is 19.8 Å². The van der Waals surface area contributed by atoms with Gasteiger partial charge in [0.25, 0.3) is 0 Å². The number of aliphatic hydroxyl groups excluding tert-OH is 2. The zero-order chi connectivity index (χ0) is 16.9. The molecule has 0 unspecified atom stereocenters. The fraction of sp³-hybridized carbons (Fsp3) is 0.765. The minimum absolute atomic E-state index is 0.00172. The summed E-state index contributed by atoms with van der Waals surface area (Å²) in [5.74, 6) is -0.677. The third-order valence-electron chi connectivity index (χ3n) is 5.90. The largest absolute Gasteiger partial charge is 0.462 e. The first-order valence-electron chi connectivity index (χ1n) is 8.17. The van der Waals surface area contributed by atoms with Crippen LogP contribution in [0.1, 0.15) is 40.0 Å². The molecule has 0 radical (unpaired) electrons. The Bertz CT molecular complexity index is 567. The molecule has 0 spiro atoms. The molecule has 0 amide bonds. The minimum atomic E-state index is -0.624. The molecule has 2 aliphatic carbocycles. The smallest absolute Gasteiger partial charge is 0.337 e. The second kappa shape index (κ2) is 5.60. The number of rotatable bonds is 2. The number of aliphatic hydroxyl groups is 2. The summed E-state index contributed by atoms with van der Waals surface area (Å²) in [6, 6.07) is 0. The van der Waals surface area contributed by atoms with Crippen LogP contribution in [-0.4, -0.2) is 47.1 Å². The highest BCUT2D eigenvalue weighted by molar-refractivity contribution is 5.92. The molecule has 1 heterocycles. The van der Waals surface area contributed by atoms with Crippen molar-refractivity contribution in [2.24, 2.45) is 17.3 Å². The molecule has 0 saturated heterocycles.